The van der Waals surface area contributed by atoms with Crippen LogP contribution in [-0.4, -0.2) is 49.7 Å². The van der Waals surface area contributed by atoms with E-state index in [-0.39, 0.29) is 55.1 Å². The van der Waals surface area contributed by atoms with E-state index >= 15 is 0 Å². The van der Waals surface area contributed by atoms with E-state index in [4.69, 9.17) is 4.98 Å². The molecule has 0 unspecified atom stereocenters. The zero-order chi connectivity index (χ0) is 27.4. The number of fused-ring (bicyclic) bond motifs is 1. The molecule has 0 aliphatic carbocycles. The third-order valence-electron chi connectivity index (χ3n) is 6.83. The van der Waals surface area contributed by atoms with Crippen LogP contribution in [0.25, 0.3) is 16.5 Å². The smallest absolute Gasteiger partial charge is 0.254 e. The highest BCUT2D eigenvalue weighted by Crippen LogP contribution is 2.26. The topological polar surface area (TPSA) is 113 Å². The summed E-state index contributed by atoms with van der Waals surface area (Å²) in [5.41, 5.74) is 5.20. The molecule has 1 aliphatic heterocycles. The Kier molecular flexibility index (Phi) is 12.8. The monoisotopic (exact) mass is 629 g/mol. The highest BCUT2D eigenvalue weighted by Gasteiger charge is 2.26. The third-order valence-corrected chi connectivity index (χ3v) is 6.83. The van der Waals surface area contributed by atoms with Gasteiger partial charge in [-0.25, -0.2) is 15.0 Å². The second-order valence-electron chi connectivity index (χ2n) is 9.68. The molecule has 0 fully saturated rings. The molecule has 2 amide bonds. The average molecular weight is 631 g/mol. The maximum atomic E-state index is 14.0. The number of carbonyl (C=O) groups is 2. The number of benzene rings is 1. The van der Waals surface area contributed by atoms with Crippen molar-refractivity contribution in [3.63, 3.8) is 0 Å². The zero-order valence-electron chi connectivity index (χ0n) is 23.5. The van der Waals surface area contributed by atoms with Gasteiger partial charge in [-0.05, 0) is 79.9 Å². The number of anilines is 1. The van der Waals surface area contributed by atoms with Crippen LogP contribution in [0.5, 0.6) is 0 Å². The molecular weight excluding hydrogens is 597 g/mol. The predicted octanol–water partition coefficient (Wildman–Crippen LogP) is 5.73. The van der Waals surface area contributed by atoms with Gasteiger partial charge in [-0.1, -0.05) is 12.1 Å². The first-order chi connectivity index (χ1) is 18.9. The summed E-state index contributed by atoms with van der Waals surface area (Å²) in [6, 6.07) is 12.7. The van der Waals surface area contributed by atoms with Crippen LogP contribution in [-0.2, 0) is 11.3 Å². The Hall–Kier alpha value is -3.63. The maximum Gasteiger partial charge on any atom is 0.254 e. The normalized spacial score (nSPS) is 13.0. The third kappa shape index (κ3) is 8.01. The number of carbonyl (C=O) groups excluding carboxylic acids is 2. The molecule has 0 saturated heterocycles. The number of nitrogens with one attached hydrogen (secondary N) is 2. The Labute approximate surface area is 263 Å². The molecule has 1 aliphatic rings. The molecule has 4 aromatic rings. The van der Waals surface area contributed by atoms with Crippen LogP contribution in [0.1, 0.15) is 59.3 Å². The number of rotatable bonds is 7. The van der Waals surface area contributed by atoms with Crippen molar-refractivity contribution in [2.45, 2.75) is 39.8 Å². The van der Waals surface area contributed by atoms with Crippen molar-refractivity contribution >= 4 is 71.3 Å². The largest absolute Gasteiger partial charge is 0.323 e. The molecule has 0 radical (unpaired) electrons. The van der Waals surface area contributed by atoms with E-state index < -0.39 is 0 Å². The van der Waals surface area contributed by atoms with Crippen LogP contribution >= 0.6 is 37.2 Å². The highest BCUT2D eigenvalue weighted by atomic mass is 35.5. The van der Waals surface area contributed by atoms with Gasteiger partial charge in [0.05, 0.1) is 23.8 Å². The van der Waals surface area contributed by atoms with Crippen molar-refractivity contribution in [3.05, 3.63) is 95.3 Å². The zero-order valence-corrected chi connectivity index (χ0v) is 26.0. The number of aryl methyl sites for hydroxylation is 1. The Morgan fingerprint density at radius 3 is 2.45 bits per heavy atom. The summed E-state index contributed by atoms with van der Waals surface area (Å²) in [6.45, 7) is 7.38. The fourth-order valence-electron chi connectivity index (χ4n) is 4.69. The SMILES string of the molecule is CC(=O)Nc1nc2ccc(C(=O)N(Cc3ccc(C4=CCNCC4)cn3)[C@H](C)c3ncccn3)cc2cc1C.Cl.Cl.Cl. The molecule has 1 aromatic carbocycles. The molecule has 0 bridgehead atoms. The minimum atomic E-state index is -0.384. The van der Waals surface area contributed by atoms with Crippen LogP contribution in [0.15, 0.2) is 67.1 Å². The molecule has 222 valence electrons. The van der Waals surface area contributed by atoms with Crippen LogP contribution in [0, 0.1) is 6.92 Å². The Morgan fingerprint density at radius 2 is 1.81 bits per heavy atom. The van der Waals surface area contributed by atoms with Crippen LogP contribution in [0.3, 0.4) is 0 Å². The predicted molar refractivity (Wildman–Crippen MR) is 173 cm³/mol. The van der Waals surface area contributed by atoms with E-state index in [1.54, 1.807) is 35.5 Å². The molecule has 2 N–H and O–H groups in total. The molecule has 0 spiro atoms. The van der Waals surface area contributed by atoms with E-state index in [1.807, 2.05) is 38.2 Å². The van der Waals surface area contributed by atoms with Gasteiger partial charge >= 0.3 is 0 Å². The first-order valence-electron chi connectivity index (χ1n) is 13.0. The number of nitrogens with zero attached hydrogens (tertiary/aromatic N) is 5. The molecule has 4 heterocycles. The number of hydrogen-bond donors (Lipinski definition) is 2. The molecule has 3 aromatic heterocycles. The lowest BCUT2D eigenvalue weighted by atomic mass is 10.0. The fourth-order valence-corrected chi connectivity index (χ4v) is 4.69. The van der Waals surface area contributed by atoms with Crippen LogP contribution < -0.4 is 10.6 Å². The van der Waals surface area contributed by atoms with Gasteiger partial charge < -0.3 is 15.5 Å². The van der Waals surface area contributed by atoms with E-state index in [2.05, 4.69) is 37.7 Å². The standard InChI is InChI=1S/C30H31N7O2.3ClH/c1-19-15-25-16-23(6-8-27(25)36-28(19)35-21(3)38)30(39)37(20(2)29-32-11-4-12-33-29)18-26-7-5-24(17-34-26)22-9-13-31-14-10-22;;;/h4-9,11-12,15-17,20,31H,10,13-14,18H2,1-3H3,(H,35,36,38);3*1H/t20-;;;/m1.../s1. The summed E-state index contributed by atoms with van der Waals surface area (Å²) in [6.07, 6.45) is 8.41. The minimum absolute atomic E-state index is 0. The van der Waals surface area contributed by atoms with Gasteiger partial charge in [-0.2, -0.15) is 0 Å². The quantitative estimate of drug-likeness (QED) is 0.268. The summed E-state index contributed by atoms with van der Waals surface area (Å²) >= 11 is 0. The van der Waals surface area contributed by atoms with Gasteiger partial charge in [0.15, 0.2) is 0 Å². The van der Waals surface area contributed by atoms with E-state index in [0.717, 1.165) is 41.7 Å². The Balaban J connectivity index is 0.00000205. The van der Waals surface area contributed by atoms with Gasteiger partial charge in [0.25, 0.3) is 5.91 Å². The first kappa shape index (κ1) is 34.6. The molecular formula is C30H34Cl3N7O2. The van der Waals surface area contributed by atoms with Crippen molar-refractivity contribution in [1.29, 1.82) is 0 Å². The fraction of sp³-hybridized carbons (Fsp3) is 0.267. The van der Waals surface area contributed by atoms with Gasteiger partial charge in [0.2, 0.25) is 5.91 Å². The average Bonchev–Trinajstić information content (AvgIpc) is 2.96. The summed E-state index contributed by atoms with van der Waals surface area (Å²) in [5.74, 6) is 0.729. The van der Waals surface area contributed by atoms with Gasteiger partial charge in [0, 0.05) is 43.0 Å². The molecule has 42 heavy (non-hydrogen) atoms. The highest BCUT2D eigenvalue weighted by molar-refractivity contribution is 5.99. The Morgan fingerprint density at radius 1 is 1.05 bits per heavy atom. The van der Waals surface area contributed by atoms with Crippen molar-refractivity contribution < 1.29 is 9.59 Å². The molecule has 0 saturated carbocycles. The lowest BCUT2D eigenvalue weighted by molar-refractivity contribution is -0.114. The lowest BCUT2D eigenvalue weighted by Crippen LogP contribution is -2.34. The maximum absolute atomic E-state index is 14.0. The van der Waals surface area contributed by atoms with Crippen LogP contribution in [0.4, 0.5) is 5.82 Å². The number of pyridine rings is 2. The van der Waals surface area contributed by atoms with E-state index in [9.17, 15) is 9.59 Å². The molecule has 12 heteroatoms. The first-order valence-corrected chi connectivity index (χ1v) is 13.0. The van der Waals surface area contributed by atoms with Gasteiger partial charge in [0.1, 0.15) is 11.6 Å². The van der Waals surface area contributed by atoms with E-state index in [1.165, 1.54) is 12.5 Å². The minimum Gasteiger partial charge on any atom is -0.323 e. The summed E-state index contributed by atoms with van der Waals surface area (Å²) in [7, 11) is 0. The summed E-state index contributed by atoms with van der Waals surface area (Å²) in [4.78, 5) is 45.3. The van der Waals surface area contributed by atoms with Crippen molar-refractivity contribution in [2.75, 3.05) is 18.4 Å². The summed E-state index contributed by atoms with van der Waals surface area (Å²) < 4.78 is 0. The molecule has 5 rings (SSSR count). The number of hydrogen-bond acceptors (Lipinski definition) is 7. The number of halogens is 3. The van der Waals surface area contributed by atoms with E-state index in [0.29, 0.717) is 29.3 Å². The van der Waals surface area contributed by atoms with Gasteiger partial charge in [-0.3, -0.25) is 14.6 Å². The molecule has 9 nitrogen and oxygen atoms in total. The van der Waals surface area contributed by atoms with Gasteiger partial charge in [-0.15, -0.1) is 37.2 Å². The number of aromatic nitrogens is 4. The number of amides is 2. The van der Waals surface area contributed by atoms with Crippen molar-refractivity contribution in [3.8, 4) is 0 Å². The molecule has 1 atom stereocenters. The Bertz CT molecular complexity index is 1550. The second-order valence-corrected chi connectivity index (χ2v) is 9.68. The van der Waals surface area contributed by atoms with Crippen molar-refractivity contribution in [1.82, 2.24) is 30.2 Å². The van der Waals surface area contributed by atoms with Crippen LogP contribution in [0.2, 0.25) is 0 Å². The lowest BCUT2D eigenvalue weighted by Gasteiger charge is -2.28. The van der Waals surface area contributed by atoms with Crippen molar-refractivity contribution in [2.24, 2.45) is 0 Å². The summed E-state index contributed by atoms with van der Waals surface area (Å²) in [5, 5.41) is 6.90. The second kappa shape index (κ2) is 15.6.